The van der Waals surface area contributed by atoms with Crippen molar-refractivity contribution < 1.29 is 9.53 Å². The molecule has 1 aromatic rings. The molecule has 25 heavy (non-hydrogen) atoms. The number of hydrogen-bond acceptors (Lipinski definition) is 4. The fraction of sp³-hybridized carbons (Fsp3) is 0.650. The van der Waals surface area contributed by atoms with Crippen LogP contribution < -0.4 is 10.2 Å². The Hall–Kier alpha value is -1.59. The van der Waals surface area contributed by atoms with Crippen LogP contribution in [0.3, 0.4) is 0 Å². The van der Waals surface area contributed by atoms with Crippen LogP contribution in [0.4, 0.5) is 5.69 Å². The smallest absolute Gasteiger partial charge is 0.237 e. The number of likely N-dealkylation sites (tertiary alicyclic amines) is 1. The van der Waals surface area contributed by atoms with Crippen molar-refractivity contribution in [2.45, 2.75) is 50.8 Å². The summed E-state index contributed by atoms with van der Waals surface area (Å²) < 4.78 is 5.60. The summed E-state index contributed by atoms with van der Waals surface area (Å²) in [5.74, 6) is 0.117. The largest absolute Gasteiger partial charge is 0.378 e. The van der Waals surface area contributed by atoms with E-state index in [9.17, 15) is 4.79 Å². The molecule has 2 aliphatic heterocycles. The number of carbonyl (C=O) groups is 1. The molecule has 0 aliphatic carbocycles. The molecule has 0 bridgehead atoms. The first-order valence-corrected chi connectivity index (χ1v) is 9.48. The van der Waals surface area contributed by atoms with Gasteiger partial charge >= 0.3 is 0 Å². The number of hydrogen-bond donors (Lipinski definition) is 1. The predicted molar refractivity (Wildman–Crippen MR) is 101 cm³/mol. The third kappa shape index (κ3) is 4.33. The number of carbonyl (C=O) groups excluding carboxylic acids is 1. The zero-order valence-electron chi connectivity index (χ0n) is 15.7. The molecule has 0 spiro atoms. The molecule has 5 heteroatoms. The van der Waals surface area contributed by atoms with Gasteiger partial charge in [0.25, 0.3) is 0 Å². The lowest BCUT2D eigenvalue weighted by Crippen LogP contribution is -2.46. The van der Waals surface area contributed by atoms with Crippen LogP contribution in [0.15, 0.2) is 24.3 Å². The Morgan fingerprint density at radius 1 is 1.36 bits per heavy atom. The van der Waals surface area contributed by atoms with Crippen molar-refractivity contribution in [1.82, 2.24) is 10.2 Å². The molecule has 1 aromatic carbocycles. The summed E-state index contributed by atoms with van der Waals surface area (Å²) in [6.07, 6.45) is 4.60. The highest BCUT2D eigenvalue weighted by atomic mass is 16.5. The van der Waals surface area contributed by atoms with E-state index in [1.165, 1.54) is 11.3 Å². The van der Waals surface area contributed by atoms with Crippen LogP contribution in [0.1, 0.15) is 44.2 Å². The summed E-state index contributed by atoms with van der Waals surface area (Å²) in [6, 6.07) is 8.89. The van der Waals surface area contributed by atoms with Gasteiger partial charge in [-0.2, -0.15) is 0 Å². The van der Waals surface area contributed by atoms with E-state index in [4.69, 9.17) is 4.74 Å². The molecule has 2 heterocycles. The molecule has 2 aliphatic rings. The Balaban J connectivity index is 1.63. The van der Waals surface area contributed by atoms with Crippen molar-refractivity contribution in [3.63, 3.8) is 0 Å². The zero-order chi connectivity index (χ0) is 17.8. The van der Waals surface area contributed by atoms with Gasteiger partial charge in [-0.05, 0) is 56.8 Å². The van der Waals surface area contributed by atoms with Crippen LogP contribution in [0.25, 0.3) is 0 Å². The Bertz CT molecular complexity index is 584. The van der Waals surface area contributed by atoms with Gasteiger partial charge in [-0.25, -0.2) is 0 Å². The number of anilines is 1. The van der Waals surface area contributed by atoms with Crippen molar-refractivity contribution in [3.05, 3.63) is 29.8 Å². The van der Waals surface area contributed by atoms with Crippen LogP contribution >= 0.6 is 0 Å². The molecule has 1 amide bonds. The average molecular weight is 345 g/mol. The molecular weight excluding hydrogens is 314 g/mol. The van der Waals surface area contributed by atoms with Gasteiger partial charge in [0.15, 0.2) is 0 Å². The second-order valence-electron chi connectivity index (χ2n) is 7.44. The van der Waals surface area contributed by atoms with E-state index in [0.717, 1.165) is 38.8 Å². The minimum atomic E-state index is -0.114. The lowest BCUT2D eigenvalue weighted by Gasteiger charge is -2.31. The van der Waals surface area contributed by atoms with Crippen LogP contribution in [0, 0.1) is 0 Å². The second-order valence-corrected chi connectivity index (χ2v) is 7.44. The SMILES string of the molecule is C[C@H](C(=O)NC[C@H]1CCCO1)N1CCC[C@@H]1c1cccc(N(C)C)c1. The van der Waals surface area contributed by atoms with E-state index in [1.54, 1.807) is 0 Å². The summed E-state index contributed by atoms with van der Waals surface area (Å²) in [6.45, 7) is 4.47. The van der Waals surface area contributed by atoms with E-state index in [-0.39, 0.29) is 18.1 Å². The highest BCUT2D eigenvalue weighted by Gasteiger charge is 2.33. The number of amides is 1. The van der Waals surface area contributed by atoms with Gasteiger partial charge in [0.2, 0.25) is 5.91 Å². The Morgan fingerprint density at radius 2 is 2.20 bits per heavy atom. The fourth-order valence-electron chi connectivity index (χ4n) is 3.94. The molecule has 5 nitrogen and oxygen atoms in total. The predicted octanol–water partition coefficient (Wildman–Crippen LogP) is 2.57. The van der Waals surface area contributed by atoms with Crippen LogP contribution in [0.5, 0.6) is 0 Å². The van der Waals surface area contributed by atoms with Crippen LogP contribution in [-0.2, 0) is 9.53 Å². The van der Waals surface area contributed by atoms with Crippen molar-refractivity contribution in [2.24, 2.45) is 0 Å². The summed E-state index contributed by atoms with van der Waals surface area (Å²) in [5, 5.41) is 3.09. The van der Waals surface area contributed by atoms with E-state index in [1.807, 2.05) is 6.92 Å². The van der Waals surface area contributed by atoms with E-state index >= 15 is 0 Å². The van der Waals surface area contributed by atoms with Gasteiger partial charge in [0.1, 0.15) is 0 Å². The molecule has 1 N–H and O–H groups in total. The van der Waals surface area contributed by atoms with E-state index < -0.39 is 0 Å². The second kappa shape index (κ2) is 8.19. The minimum Gasteiger partial charge on any atom is -0.378 e. The molecule has 0 saturated carbocycles. The van der Waals surface area contributed by atoms with Gasteiger partial charge in [0.05, 0.1) is 12.1 Å². The minimum absolute atomic E-state index is 0.114. The highest BCUT2D eigenvalue weighted by molar-refractivity contribution is 5.81. The third-order valence-electron chi connectivity index (χ3n) is 5.47. The molecule has 138 valence electrons. The summed E-state index contributed by atoms with van der Waals surface area (Å²) in [7, 11) is 4.12. The molecule has 2 saturated heterocycles. The van der Waals surface area contributed by atoms with Crippen LogP contribution in [-0.4, -0.2) is 56.7 Å². The quantitative estimate of drug-likeness (QED) is 0.861. The fourth-order valence-corrected chi connectivity index (χ4v) is 3.94. The van der Waals surface area contributed by atoms with Crippen molar-refractivity contribution >= 4 is 11.6 Å². The van der Waals surface area contributed by atoms with Gasteiger partial charge < -0.3 is 15.0 Å². The molecule has 0 unspecified atom stereocenters. The molecule has 0 aromatic heterocycles. The number of benzene rings is 1. The standard InChI is InChI=1S/C20H31N3O2/c1-15(20(24)21-14-18-9-6-12-25-18)23-11-5-10-19(23)16-7-4-8-17(13-16)22(2)3/h4,7-8,13,15,18-19H,5-6,9-12,14H2,1-3H3,(H,21,24)/t15-,18-,19-/m1/s1. The normalized spacial score (nSPS) is 25.1. The van der Waals surface area contributed by atoms with Gasteiger partial charge in [-0.1, -0.05) is 12.1 Å². The van der Waals surface area contributed by atoms with Crippen molar-refractivity contribution in [3.8, 4) is 0 Å². The maximum absolute atomic E-state index is 12.6. The first kappa shape index (κ1) is 18.2. The summed E-state index contributed by atoms with van der Waals surface area (Å²) in [5.41, 5.74) is 2.52. The van der Waals surface area contributed by atoms with Gasteiger partial charge in [0, 0.05) is 39.0 Å². The molecule has 3 rings (SSSR count). The van der Waals surface area contributed by atoms with E-state index in [0.29, 0.717) is 12.6 Å². The Labute approximate surface area is 151 Å². The van der Waals surface area contributed by atoms with Crippen LogP contribution in [0.2, 0.25) is 0 Å². The van der Waals surface area contributed by atoms with Gasteiger partial charge in [-0.15, -0.1) is 0 Å². The van der Waals surface area contributed by atoms with E-state index in [2.05, 4.69) is 53.5 Å². The Kier molecular flexibility index (Phi) is 5.97. The monoisotopic (exact) mass is 345 g/mol. The summed E-state index contributed by atoms with van der Waals surface area (Å²) >= 11 is 0. The van der Waals surface area contributed by atoms with Crippen molar-refractivity contribution in [1.29, 1.82) is 0 Å². The first-order chi connectivity index (χ1) is 12.1. The number of rotatable bonds is 6. The highest BCUT2D eigenvalue weighted by Crippen LogP contribution is 2.34. The molecule has 0 radical (unpaired) electrons. The van der Waals surface area contributed by atoms with Gasteiger partial charge in [-0.3, -0.25) is 9.69 Å². The number of nitrogens with one attached hydrogen (secondary N) is 1. The molecule has 2 fully saturated rings. The molecular formula is C20H31N3O2. The number of ether oxygens (including phenoxy) is 1. The first-order valence-electron chi connectivity index (χ1n) is 9.48. The molecule has 3 atom stereocenters. The lowest BCUT2D eigenvalue weighted by atomic mass is 10.0. The third-order valence-corrected chi connectivity index (χ3v) is 5.47. The van der Waals surface area contributed by atoms with Crippen molar-refractivity contribution in [2.75, 3.05) is 38.7 Å². The number of nitrogens with zero attached hydrogens (tertiary/aromatic N) is 2. The zero-order valence-corrected chi connectivity index (χ0v) is 15.7. The summed E-state index contributed by atoms with van der Waals surface area (Å²) in [4.78, 5) is 17.1. The maximum Gasteiger partial charge on any atom is 0.237 e. The maximum atomic E-state index is 12.6. The Morgan fingerprint density at radius 3 is 2.92 bits per heavy atom. The lowest BCUT2D eigenvalue weighted by molar-refractivity contribution is -0.126. The average Bonchev–Trinajstić information content (AvgIpc) is 3.30. The topological polar surface area (TPSA) is 44.8 Å².